The zero-order valence-corrected chi connectivity index (χ0v) is 16.6. The van der Waals surface area contributed by atoms with Crippen molar-refractivity contribution in [3.63, 3.8) is 0 Å². The molecule has 140 valence electrons. The van der Waals surface area contributed by atoms with Gasteiger partial charge in [0.05, 0.1) is 5.39 Å². The van der Waals surface area contributed by atoms with Gasteiger partial charge in [0, 0.05) is 4.88 Å². The van der Waals surface area contributed by atoms with Crippen LogP contribution in [0.25, 0.3) is 10.2 Å². The second kappa shape index (κ2) is 7.72. The lowest BCUT2D eigenvalue weighted by Crippen LogP contribution is -2.26. The Bertz CT molecular complexity index is 868. The molecule has 2 aromatic rings. The molecular formula is C19H24N2O3S2. The van der Waals surface area contributed by atoms with Crippen LogP contribution < -0.4 is 5.56 Å². The molecule has 0 aliphatic heterocycles. The predicted octanol–water partition coefficient (Wildman–Crippen LogP) is 4.22. The van der Waals surface area contributed by atoms with Gasteiger partial charge >= 0.3 is 5.97 Å². The highest BCUT2D eigenvalue weighted by molar-refractivity contribution is 8.00. The second-order valence-electron chi connectivity index (χ2n) is 7.22. The van der Waals surface area contributed by atoms with E-state index in [1.807, 2.05) is 6.92 Å². The van der Waals surface area contributed by atoms with Crippen LogP contribution in [0.5, 0.6) is 0 Å². The number of rotatable bonds is 4. The Morgan fingerprint density at radius 3 is 2.81 bits per heavy atom. The van der Waals surface area contributed by atoms with Gasteiger partial charge in [0.25, 0.3) is 5.56 Å². The lowest BCUT2D eigenvalue weighted by Gasteiger charge is -2.23. The summed E-state index contributed by atoms with van der Waals surface area (Å²) in [4.78, 5) is 34.5. The van der Waals surface area contributed by atoms with Crippen molar-refractivity contribution in [1.82, 2.24) is 9.97 Å². The molecule has 0 radical (unpaired) electrons. The van der Waals surface area contributed by atoms with Crippen LogP contribution in [0.15, 0.2) is 9.95 Å². The number of carbonyl (C=O) groups excluding carboxylic acids is 1. The number of nitrogens with zero attached hydrogens (tertiary/aromatic N) is 1. The molecule has 2 aromatic heterocycles. The SMILES string of the molecule is C[C@H](Sc1nc2sc3c(c2c(=O)[nH]1)CCCC3)C(=O)OC1CCCCC1. The summed E-state index contributed by atoms with van der Waals surface area (Å²) >= 11 is 2.91. The van der Waals surface area contributed by atoms with Crippen molar-refractivity contribution < 1.29 is 9.53 Å². The number of fused-ring (bicyclic) bond motifs is 3. The van der Waals surface area contributed by atoms with Gasteiger partial charge < -0.3 is 9.72 Å². The smallest absolute Gasteiger partial charge is 0.319 e. The van der Waals surface area contributed by atoms with Crippen molar-refractivity contribution in [2.24, 2.45) is 0 Å². The molecular weight excluding hydrogens is 368 g/mol. The van der Waals surface area contributed by atoms with Crippen molar-refractivity contribution in [3.8, 4) is 0 Å². The van der Waals surface area contributed by atoms with E-state index in [4.69, 9.17) is 4.74 Å². The Morgan fingerprint density at radius 2 is 2.00 bits per heavy atom. The van der Waals surface area contributed by atoms with Crippen LogP contribution in [0, 0.1) is 0 Å². The number of aromatic amines is 1. The number of carbonyl (C=O) groups is 1. The molecule has 7 heteroatoms. The maximum Gasteiger partial charge on any atom is 0.319 e. The van der Waals surface area contributed by atoms with Gasteiger partial charge in [0.15, 0.2) is 5.16 Å². The lowest BCUT2D eigenvalue weighted by atomic mass is 9.97. The normalized spacial score (nSPS) is 19.3. The summed E-state index contributed by atoms with van der Waals surface area (Å²) in [5.41, 5.74) is 1.11. The average molecular weight is 393 g/mol. The second-order valence-corrected chi connectivity index (χ2v) is 9.63. The van der Waals surface area contributed by atoms with Gasteiger partial charge in [-0.05, 0) is 63.9 Å². The fraction of sp³-hybridized carbons (Fsp3) is 0.632. The molecule has 4 rings (SSSR count). The minimum absolute atomic E-state index is 0.0535. The molecule has 0 aromatic carbocycles. The highest BCUT2D eigenvalue weighted by atomic mass is 32.2. The highest BCUT2D eigenvalue weighted by Gasteiger charge is 2.24. The van der Waals surface area contributed by atoms with E-state index >= 15 is 0 Å². The molecule has 2 heterocycles. The van der Waals surface area contributed by atoms with Gasteiger partial charge in [0.1, 0.15) is 16.2 Å². The van der Waals surface area contributed by atoms with E-state index in [-0.39, 0.29) is 22.9 Å². The number of esters is 1. The van der Waals surface area contributed by atoms with E-state index in [1.165, 1.54) is 35.0 Å². The molecule has 5 nitrogen and oxygen atoms in total. The molecule has 26 heavy (non-hydrogen) atoms. The van der Waals surface area contributed by atoms with Crippen LogP contribution in [-0.2, 0) is 22.4 Å². The van der Waals surface area contributed by atoms with Crippen LogP contribution in [0.4, 0.5) is 0 Å². The third-order valence-electron chi connectivity index (χ3n) is 5.26. The van der Waals surface area contributed by atoms with Crippen LogP contribution >= 0.6 is 23.1 Å². The van der Waals surface area contributed by atoms with E-state index in [0.717, 1.165) is 55.2 Å². The number of aromatic nitrogens is 2. The number of thiophene rings is 1. The summed E-state index contributed by atoms with van der Waals surface area (Å²) in [5.74, 6) is -0.213. The van der Waals surface area contributed by atoms with E-state index in [9.17, 15) is 9.59 Å². The molecule has 1 fully saturated rings. The first kappa shape index (κ1) is 18.0. The molecule has 1 saturated carbocycles. The van der Waals surface area contributed by atoms with Gasteiger partial charge in [-0.15, -0.1) is 11.3 Å². The average Bonchev–Trinajstić information content (AvgIpc) is 3.01. The number of ether oxygens (including phenoxy) is 1. The van der Waals surface area contributed by atoms with E-state index < -0.39 is 0 Å². The maximum atomic E-state index is 12.6. The quantitative estimate of drug-likeness (QED) is 0.479. The largest absolute Gasteiger partial charge is 0.462 e. The summed E-state index contributed by atoms with van der Waals surface area (Å²) in [6.45, 7) is 1.82. The first-order valence-electron chi connectivity index (χ1n) is 9.53. The van der Waals surface area contributed by atoms with Crippen LogP contribution in [-0.4, -0.2) is 27.3 Å². The summed E-state index contributed by atoms with van der Waals surface area (Å²) in [6, 6.07) is 0. The standard InChI is InChI=1S/C19H24N2O3S2/c1-11(18(23)24-12-7-3-2-4-8-12)25-19-20-16(22)15-13-9-5-6-10-14(13)26-17(15)21-19/h11-12H,2-10H2,1H3,(H,20,21,22)/t11-/m0/s1. The van der Waals surface area contributed by atoms with Crippen LogP contribution in [0.3, 0.4) is 0 Å². The first-order valence-corrected chi connectivity index (χ1v) is 11.2. The minimum Gasteiger partial charge on any atom is -0.462 e. The van der Waals surface area contributed by atoms with Crippen molar-refractivity contribution in [1.29, 1.82) is 0 Å². The fourth-order valence-electron chi connectivity index (χ4n) is 3.86. The molecule has 2 aliphatic rings. The molecule has 0 saturated heterocycles. The Labute approximate surface area is 160 Å². The molecule has 0 spiro atoms. The summed E-state index contributed by atoms with van der Waals surface area (Å²) < 4.78 is 5.63. The number of nitrogens with one attached hydrogen (secondary N) is 1. The zero-order chi connectivity index (χ0) is 18.1. The van der Waals surface area contributed by atoms with Gasteiger partial charge in [-0.1, -0.05) is 18.2 Å². The summed E-state index contributed by atoms with van der Waals surface area (Å²) in [6.07, 6.45) is 9.81. The molecule has 1 atom stereocenters. The Hall–Kier alpha value is -1.34. The highest BCUT2D eigenvalue weighted by Crippen LogP contribution is 2.34. The first-order chi connectivity index (χ1) is 12.6. The molecule has 0 amide bonds. The Morgan fingerprint density at radius 1 is 1.23 bits per heavy atom. The summed E-state index contributed by atoms with van der Waals surface area (Å²) in [7, 11) is 0. The number of H-pyrrole nitrogens is 1. The van der Waals surface area contributed by atoms with Crippen LogP contribution in [0.2, 0.25) is 0 Å². The third-order valence-corrected chi connectivity index (χ3v) is 7.41. The van der Waals surface area contributed by atoms with Crippen LogP contribution in [0.1, 0.15) is 62.3 Å². The molecule has 0 unspecified atom stereocenters. The molecule has 2 aliphatic carbocycles. The third kappa shape index (κ3) is 3.69. The van der Waals surface area contributed by atoms with E-state index in [1.54, 1.807) is 11.3 Å². The fourth-order valence-corrected chi connectivity index (χ4v) is 5.96. The number of thioether (sulfide) groups is 1. The van der Waals surface area contributed by atoms with Crippen molar-refractivity contribution >= 4 is 39.3 Å². The Balaban J connectivity index is 1.49. The predicted molar refractivity (Wildman–Crippen MR) is 105 cm³/mol. The lowest BCUT2D eigenvalue weighted by molar-refractivity contribution is -0.149. The van der Waals surface area contributed by atoms with Gasteiger partial charge in [0.2, 0.25) is 0 Å². The van der Waals surface area contributed by atoms with Gasteiger partial charge in [-0.25, -0.2) is 4.98 Å². The number of aryl methyl sites for hydroxylation is 2. The molecule has 0 bridgehead atoms. The van der Waals surface area contributed by atoms with Crippen molar-refractivity contribution in [3.05, 3.63) is 20.8 Å². The monoisotopic (exact) mass is 392 g/mol. The van der Waals surface area contributed by atoms with Gasteiger partial charge in [-0.2, -0.15) is 0 Å². The number of hydrogen-bond acceptors (Lipinski definition) is 6. The number of hydrogen-bond donors (Lipinski definition) is 1. The molecule has 1 N–H and O–H groups in total. The zero-order valence-electron chi connectivity index (χ0n) is 15.0. The minimum atomic E-state index is -0.382. The van der Waals surface area contributed by atoms with E-state index in [2.05, 4.69) is 9.97 Å². The van der Waals surface area contributed by atoms with Crippen molar-refractivity contribution in [2.75, 3.05) is 0 Å². The summed E-state index contributed by atoms with van der Waals surface area (Å²) in [5, 5.41) is 0.882. The maximum absolute atomic E-state index is 12.6. The topological polar surface area (TPSA) is 72.0 Å². The van der Waals surface area contributed by atoms with Gasteiger partial charge in [-0.3, -0.25) is 9.59 Å². The van der Waals surface area contributed by atoms with Crippen molar-refractivity contribution in [2.45, 2.75) is 81.2 Å². The van der Waals surface area contributed by atoms with E-state index in [0.29, 0.717) is 5.16 Å². The Kier molecular flexibility index (Phi) is 5.36.